The summed E-state index contributed by atoms with van der Waals surface area (Å²) in [5.41, 5.74) is 2.10. The molecule has 0 spiro atoms. The van der Waals surface area contributed by atoms with E-state index in [9.17, 15) is 0 Å². The van der Waals surface area contributed by atoms with Crippen LogP contribution < -0.4 is 5.32 Å². The van der Waals surface area contributed by atoms with Crippen LogP contribution in [0.15, 0.2) is 24.3 Å². The van der Waals surface area contributed by atoms with Gasteiger partial charge in [-0.15, -0.1) is 0 Å². The highest BCUT2D eigenvalue weighted by Gasteiger charge is 2.10. The molecule has 1 aromatic heterocycles. The molecule has 3 nitrogen and oxygen atoms in total. The average Bonchev–Trinajstić information content (AvgIpc) is 2.83. The fraction of sp³-hybridized carbons (Fsp3) is 0.438. The van der Waals surface area contributed by atoms with Crippen molar-refractivity contribution in [1.82, 2.24) is 15.3 Å². The Bertz CT molecular complexity index is 581. The fourth-order valence-corrected chi connectivity index (χ4v) is 2.58. The lowest BCUT2D eigenvalue weighted by atomic mass is 10.1. The molecule has 0 aliphatic rings. The summed E-state index contributed by atoms with van der Waals surface area (Å²) >= 11 is 12.2. The maximum Gasteiger partial charge on any atom is 0.151 e. The number of halogens is 2. The second kappa shape index (κ2) is 7.83. The van der Waals surface area contributed by atoms with Crippen molar-refractivity contribution in [3.05, 3.63) is 51.5 Å². The minimum atomic E-state index is 0.196. The number of imidazole rings is 1. The number of nitrogens with zero attached hydrogens (tertiary/aromatic N) is 1. The Morgan fingerprint density at radius 2 is 2.14 bits per heavy atom. The van der Waals surface area contributed by atoms with E-state index in [0.29, 0.717) is 11.7 Å². The molecule has 1 atom stereocenters. The molecule has 114 valence electrons. The van der Waals surface area contributed by atoms with Crippen LogP contribution in [0.5, 0.6) is 0 Å². The van der Waals surface area contributed by atoms with E-state index in [4.69, 9.17) is 23.2 Å². The van der Waals surface area contributed by atoms with Crippen LogP contribution in [0.3, 0.4) is 0 Å². The van der Waals surface area contributed by atoms with Crippen LogP contribution in [0.1, 0.15) is 49.8 Å². The molecule has 0 saturated heterocycles. The van der Waals surface area contributed by atoms with Gasteiger partial charge >= 0.3 is 0 Å². The Kier molecular flexibility index (Phi) is 6.09. The van der Waals surface area contributed by atoms with Crippen LogP contribution >= 0.6 is 23.2 Å². The predicted octanol–water partition coefficient (Wildman–Crippen LogP) is 4.91. The van der Waals surface area contributed by atoms with Crippen molar-refractivity contribution in [1.29, 1.82) is 0 Å². The molecule has 2 rings (SSSR count). The summed E-state index contributed by atoms with van der Waals surface area (Å²) in [4.78, 5) is 7.66. The second-order valence-electron chi connectivity index (χ2n) is 5.21. The first kappa shape index (κ1) is 16.3. The van der Waals surface area contributed by atoms with Crippen molar-refractivity contribution in [3.8, 4) is 0 Å². The summed E-state index contributed by atoms with van der Waals surface area (Å²) in [6.45, 7) is 4.93. The van der Waals surface area contributed by atoms with Crippen molar-refractivity contribution in [2.24, 2.45) is 0 Å². The Morgan fingerprint density at radius 1 is 1.33 bits per heavy atom. The number of rotatable bonds is 7. The first-order valence-electron chi connectivity index (χ1n) is 7.32. The van der Waals surface area contributed by atoms with Crippen LogP contribution in [0.25, 0.3) is 0 Å². The molecule has 0 aliphatic heterocycles. The molecule has 0 aliphatic carbocycles. The van der Waals surface area contributed by atoms with E-state index in [1.54, 1.807) is 0 Å². The number of hydrogen-bond acceptors (Lipinski definition) is 2. The summed E-state index contributed by atoms with van der Waals surface area (Å²) in [5, 5.41) is 4.75. The number of H-pyrrole nitrogens is 1. The van der Waals surface area contributed by atoms with Crippen LogP contribution in [0.2, 0.25) is 10.2 Å². The minimum absolute atomic E-state index is 0.196. The Labute approximate surface area is 136 Å². The Hall–Kier alpha value is -1.03. The van der Waals surface area contributed by atoms with Crippen molar-refractivity contribution in [2.75, 3.05) is 0 Å². The lowest BCUT2D eigenvalue weighted by Crippen LogP contribution is -2.18. The first-order chi connectivity index (χ1) is 10.1. The van der Waals surface area contributed by atoms with Crippen LogP contribution in [0.4, 0.5) is 0 Å². The highest BCUT2D eigenvalue weighted by atomic mass is 35.5. The molecule has 5 heteroatoms. The predicted molar refractivity (Wildman–Crippen MR) is 88.9 cm³/mol. The molecular weight excluding hydrogens is 305 g/mol. The van der Waals surface area contributed by atoms with Gasteiger partial charge in [0.1, 0.15) is 5.82 Å². The molecular formula is C16H21Cl2N3. The molecule has 1 aromatic carbocycles. The molecule has 0 saturated carbocycles. The van der Waals surface area contributed by atoms with E-state index in [2.05, 4.69) is 35.2 Å². The fourth-order valence-electron chi connectivity index (χ4n) is 2.17. The van der Waals surface area contributed by atoms with Gasteiger partial charge in [-0.1, -0.05) is 48.7 Å². The molecule has 2 N–H and O–H groups in total. The molecule has 0 unspecified atom stereocenters. The topological polar surface area (TPSA) is 40.7 Å². The molecule has 21 heavy (non-hydrogen) atoms. The van der Waals surface area contributed by atoms with Gasteiger partial charge in [-0.3, -0.25) is 0 Å². The SMILES string of the molecule is CCCCc1nc(Cl)c(CN[C@H](C)c2cccc(Cl)c2)[nH]1. The highest BCUT2D eigenvalue weighted by molar-refractivity contribution is 6.30. The van der Waals surface area contributed by atoms with Crippen molar-refractivity contribution >= 4 is 23.2 Å². The van der Waals surface area contributed by atoms with Gasteiger partial charge < -0.3 is 10.3 Å². The number of nitrogens with one attached hydrogen (secondary N) is 2. The number of benzene rings is 1. The third-order valence-electron chi connectivity index (χ3n) is 3.48. The van der Waals surface area contributed by atoms with Crippen molar-refractivity contribution in [3.63, 3.8) is 0 Å². The van der Waals surface area contributed by atoms with Crippen LogP contribution in [-0.4, -0.2) is 9.97 Å². The molecule has 0 amide bonds. The lowest BCUT2D eigenvalue weighted by Gasteiger charge is -2.14. The standard InChI is InChI=1S/C16H21Cl2N3/c1-3-4-8-15-20-14(16(18)21-15)10-19-11(2)12-6-5-7-13(17)9-12/h5-7,9,11,19H,3-4,8,10H2,1-2H3,(H,20,21)/t11-/m1/s1. The third-order valence-corrected chi connectivity index (χ3v) is 4.03. The van der Waals surface area contributed by atoms with E-state index in [1.807, 2.05) is 18.2 Å². The smallest absolute Gasteiger partial charge is 0.151 e. The zero-order chi connectivity index (χ0) is 15.2. The Morgan fingerprint density at radius 3 is 2.86 bits per heavy atom. The van der Waals surface area contributed by atoms with Gasteiger partial charge in [-0.2, -0.15) is 0 Å². The van der Waals surface area contributed by atoms with Gasteiger partial charge in [0.2, 0.25) is 0 Å². The number of hydrogen-bond donors (Lipinski definition) is 2. The zero-order valence-electron chi connectivity index (χ0n) is 12.4. The summed E-state index contributed by atoms with van der Waals surface area (Å²) in [6.07, 6.45) is 3.22. The van der Waals surface area contributed by atoms with Gasteiger partial charge in [0.25, 0.3) is 0 Å². The summed E-state index contributed by atoms with van der Waals surface area (Å²) in [5.74, 6) is 0.967. The summed E-state index contributed by atoms with van der Waals surface area (Å²) in [7, 11) is 0. The number of aryl methyl sites for hydroxylation is 1. The lowest BCUT2D eigenvalue weighted by molar-refractivity contribution is 0.568. The average molecular weight is 326 g/mol. The largest absolute Gasteiger partial charge is 0.344 e. The maximum atomic E-state index is 6.18. The molecule has 0 bridgehead atoms. The normalized spacial score (nSPS) is 12.6. The van der Waals surface area contributed by atoms with E-state index in [1.165, 1.54) is 0 Å². The molecule has 0 fully saturated rings. The Balaban J connectivity index is 1.94. The monoisotopic (exact) mass is 325 g/mol. The van der Waals surface area contributed by atoms with Gasteiger partial charge in [-0.05, 0) is 31.0 Å². The van der Waals surface area contributed by atoms with Gasteiger partial charge in [0, 0.05) is 24.0 Å². The first-order valence-corrected chi connectivity index (χ1v) is 8.07. The number of aromatic amines is 1. The van der Waals surface area contributed by atoms with Crippen molar-refractivity contribution < 1.29 is 0 Å². The molecule has 1 heterocycles. The second-order valence-corrected chi connectivity index (χ2v) is 6.01. The van der Waals surface area contributed by atoms with E-state index >= 15 is 0 Å². The quantitative estimate of drug-likeness (QED) is 0.759. The molecule has 2 aromatic rings. The van der Waals surface area contributed by atoms with E-state index in [-0.39, 0.29) is 6.04 Å². The maximum absolute atomic E-state index is 6.18. The van der Waals surface area contributed by atoms with Gasteiger partial charge in [0.15, 0.2) is 5.15 Å². The number of aromatic nitrogens is 2. The van der Waals surface area contributed by atoms with E-state index < -0.39 is 0 Å². The van der Waals surface area contributed by atoms with Gasteiger partial charge in [-0.25, -0.2) is 4.98 Å². The minimum Gasteiger partial charge on any atom is -0.344 e. The zero-order valence-corrected chi connectivity index (χ0v) is 13.9. The third kappa shape index (κ3) is 4.73. The van der Waals surface area contributed by atoms with E-state index in [0.717, 1.165) is 41.4 Å². The summed E-state index contributed by atoms with van der Waals surface area (Å²) < 4.78 is 0. The summed E-state index contributed by atoms with van der Waals surface area (Å²) in [6, 6.07) is 8.07. The van der Waals surface area contributed by atoms with Crippen LogP contribution in [0, 0.1) is 0 Å². The van der Waals surface area contributed by atoms with Crippen molar-refractivity contribution in [2.45, 2.75) is 45.7 Å². The highest BCUT2D eigenvalue weighted by Crippen LogP contribution is 2.19. The number of unbranched alkanes of at least 4 members (excludes halogenated alkanes) is 1. The van der Waals surface area contributed by atoms with Gasteiger partial charge in [0.05, 0.1) is 5.69 Å². The molecule has 0 radical (unpaired) electrons. The van der Waals surface area contributed by atoms with Crippen LogP contribution in [-0.2, 0) is 13.0 Å².